The molecule has 0 saturated carbocycles. The first kappa shape index (κ1) is 14.6. The van der Waals surface area contributed by atoms with Crippen molar-refractivity contribution < 1.29 is 0 Å². The van der Waals surface area contributed by atoms with Gasteiger partial charge in [0, 0.05) is 16.9 Å². The fraction of sp³-hybridized carbons (Fsp3) is 0.429. The van der Waals surface area contributed by atoms with Gasteiger partial charge in [-0.2, -0.15) is 0 Å². The van der Waals surface area contributed by atoms with Crippen LogP contribution in [0.2, 0.25) is 5.02 Å². The standard InChI is InChI=1S/C14H17BrClN/c1-3-5-6-10-13(17-4-2)11-8-7-9-12(15)14(11)16/h7-9,13,17H,4,6,10H2,1-2H3. The van der Waals surface area contributed by atoms with E-state index in [-0.39, 0.29) is 6.04 Å². The fourth-order valence-electron chi connectivity index (χ4n) is 1.75. The van der Waals surface area contributed by atoms with Gasteiger partial charge in [-0.25, -0.2) is 0 Å². The molecule has 0 aliphatic carbocycles. The molecule has 1 rings (SSSR count). The highest BCUT2D eigenvalue weighted by atomic mass is 79.9. The summed E-state index contributed by atoms with van der Waals surface area (Å²) in [6.07, 6.45) is 1.86. The molecular weight excluding hydrogens is 298 g/mol. The second-order valence-electron chi connectivity index (χ2n) is 3.72. The molecule has 0 heterocycles. The van der Waals surface area contributed by atoms with Gasteiger partial charge < -0.3 is 5.32 Å². The quantitative estimate of drug-likeness (QED) is 0.786. The van der Waals surface area contributed by atoms with Gasteiger partial charge >= 0.3 is 0 Å². The second-order valence-corrected chi connectivity index (χ2v) is 4.95. The zero-order valence-electron chi connectivity index (χ0n) is 10.2. The molecule has 1 aromatic carbocycles. The minimum absolute atomic E-state index is 0.269. The first-order valence-electron chi connectivity index (χ1n) is 5.77. The average molecular weight is 315 g/mol. The Kier molecular flexibility index (Phi) is 6.65. The van der Waals surface area contributed by atoms with Crippen molar-refractivity contribution in [3.8, 4) is 11.8 Å². The van der Waals surface area contributed by atoms with Gasteiger partial charge in [0.05, 0.1) is 5.02 Å². The summed E-state index contributed by atoms with van der Waals surface area (Å²) in [4.78, 5) is 0. The van der Waals surface area contributed by atoms with E-state index in [1.54, 1.807) is 0 Å². The van der Waals surface area contributed by atoms with Crippen LogP contribution in [0.5, 0.6) is 0 Å². The predicted octanol–water partition coefficient (Wildman–Crippen LogP) is 4.56. The van der Waals surface area contributed by atoms with Crippen LogP contribution < -0.4 is 5.32 Å². The third-order valence-electron chi connectivity index (χ3n) is 2.54. The molecule has 0 amide bonds. The number of hydrogen-bond donors (Lipinski definition) is 1. The van der Waals surface area contributed by atoms with Crippen molar-refractivity contribution in [2.75, 3.05) is 6.54 Å². The highest BCUT2D eigenvalue weighted by Gasteiger charge is 2.14. The molecule has 1 atom stereocenters. The van der Waals surface area contributed by atoms with Gasteiger partial charge in [-0.1, -0.05) is 30.7 Å². The monoisotopic (exact) mass is 313 g/mol. The molecule has 0 fully saturated rings. The van der Waals surface area contributed by atoms with Gasteiger partial charge in [0.15, 0.2) is 0 Å². The summed E-state index contributed by atoms with van der Waals surface area (Å²) >= 11 is 9.77. The number of halogens is 2. The van der Waals surface area contributed by atoms with Crippen molar-refractivity contribution in [1.29, 1.82) is 0 Å². The topological polar surface area (TPSA) is 12.0 Å². The fourth-order valence-corrected chi connectivity index (χ4v) is 2.38. The number of nitrogens with one attached hydrogen (secondary N) is 1. The molecule has 0 spiro atoms. The van der Waals surface area contributed by atoms with E-state index in [0.29, 0.717) is 0 Å². The highest BCUT2D eigenvalue weighted by molar-refractivity contribution is 9.10. The summed E-state index contributed by atoms with van der Waals surface area (Å²) in [5.74, 6) is 6.02. The SMILES string of the molecule is CC#CCCC(NCC)c1cccc(Br)c1Cl. The second kappa shape index (κ2) is 7.76. The third kappa shape index (κ3) is 4.35. The van der Waals surface area contributed by atoms with Crippen LogP contribution in [0.25, 0.3) is 0 Å². The smallest absolute Gasteiger partial charge is 0.0595 e. The summed E-state index contributed by atoms with van der Waals surface area (Å²) in [6.45, 7) is 4.89. The first-order valence-corrected chi connectivity index (χ1v) is 6.94. The lowest BCUT2D eigenvalue weighted by Crippen LogP contribution is -2.21. The molecule has 17 heavy (non-hydrogen) atoms. The van der Waals surface area contributed by atoms with Gasteiger partial charge in [0.25, 0.3) is 0 Å². The van der Waals surface area contributed by atoms with Crippen molar-refractivity contribution in [2.24, 2.45) is 0 Å². The van der Waals surface area contributed by atoms with Crippen LogP contribution in [0.15, 0.2) is 22.7 Å². The Bertz CT molecular complexity index is 420. The molecule has 1 unspecified atom stereocenters. The van der Waals surface area contributed by atoms with E-state index in [1.165, 1.54) is 0 Å². The number of rotatable bonds is 5. The number of hydrogen-bond acceptors (Lipinski definition) is 1. The van der Waals surface area contributed by atoms with Crippen LogP contribution in [0.1, 0.15) is 38.3 Å². The molecule has 3 heteroatoms. The zero-order valence-corrected chi connectivity index (χ0v) is 12.5. The summed E-state index contributed by atoms with van der Waals surface area (Å²) in [7, 11) is 0. The van der Waals surface area contributed by atoms with E-state index in [9.17, 15) is 0 Å². The first-order chi connectivity index (χ1) is 8.20. The molecular formula is C14H17BrClN. The molecule has 0 saturated heterocycles. The van der Waals surface area contributed by atoms with Gasteiger partial charge in [0.2, 0.25) is 0 Å². The van der Waals surface area contributed by atoms with Crippen LogP contribution in [0.3, 0.4) is 0 Å². The summed E-state index contributed by atoms with van der Waals surface area (Å²) in [5.41, 5.74) is 1.14. The largest absolute Gasteiger partial charge is 0.310 e. The molecule has 0 bridgehead atoms. The van der Waals surface area contributed by atoms with E-state index in [1.807, 2.05) is 19.1 Å². The average Bonchev–Trinajstić information content (AvgIpc) is 2.32. The van der Waals surface area contributed by atoms with Crippen LogP contribution in [-0.2, 0) is 0 Å². The van der Waals surface area contributed by atoms with E-state index in [4.69, 9.17) is 11.6 Å². The maximum Gasteiger partial charge on any atom is 0.0595 e. The molecule has 1 N–H and O–H groups in total. The van der Waals surface area contributed by atoms with E-state index in [2.05, 4.69) is 46.1 Å². The maximum absolute atomic E-state index is 6.31. The van der Waals surface area contributed by atoms with E-state index >= 15 is 0 Å². The minimum Gasteiger partial charge on any atom is -0.310 e. The zero-order chi connectivity index (χ0) is 12.7. The van der Waals surface area contributed by atoms with Gasteiger partial charge in [-0.3, -0.25) is 0 Å². The van der Waals surface area contributed by atoms with Crippen molar-refractivity contribution in [1.82, 2.24) is 5.32 Å². The Morgan fingerprint density at radius 1 is 1.47 bits per heavy atom. The predicted molar refractivity (Wildman–Crippen MR) is 78.3 cm³/mol. The van der Waals surface area contributed by atoms with Gasteiger partial charge in [-0.15, -0.1) is 11.8 Å². The van der Waals surface area contributed by atoms with Crippen LogP contribution in [-0.4, -0.2) is 6.54 Å². The van der Waals surface area contributed by atoms with E-state index < -0.39 is 0 Å². The van der Waals surface area contributed by atoms with Crippen molar-refractivity contribution in [3.05, 3.63) is 33.3 Å². The van der Waals surface area contributed by atoms with Gasteiger partial charge in [-0.05, 0) is 47.4 Å². The molecule has 0 aromatic heterocycles. The summed E-state index contributed by atoms with van der Waals surface area (Å²) < 4.78 is 0.946. The normalized spacial score (nSPS) is 11.8. The molecule has 0 radical (unpaired) electrons. The molecule has 0 aliphatic heterocycles. The summed E-state index contributed by atoms with van der Waals surface area (Å²) in [6, 6.07) is 6.31. The molecule has 92 valence electrons. The lowest BCUT2D eigenvalue weighted by molar-refractivity contribution is 0.522. The molecule has 0 aliphatic rings. The Balaban J connectivity index is 2.87. The Morgan fingerprint density at radius 2 is 2.24 bits per heavy atom. The van der Waals surface area contributed by atoms with Crippen molar-refractivity contribution in [3.63, 3.8) is 0 Å². The van der Waals surface area contributed by atoms with Gasteiger partial charge in [0.1, 0.15) is 0 Å². The third-order valence-corrected chi connectivity index (χ3v) is 3.85. The maximum atomic E-state index is 6.31. The Morgan fingerprint density at radius 3 is 2.88 bits per heavy atom. The molecule has 1 nitrogen and oxygen atoms in total. The van der Waals surface area contributed by atoms with Crippen LogP contribution >= 0.6 is 27.5 Å². The van der Waals surface area contributed by atoms with Crippen molar-refractivity contribution in [2.45, 2.75) is 32.7 Å². The van der Waals surface area contributed by atoms with Crippen LogP contribution in [0, 0.1) is 11.8 Å². The van der Waals surface area contributed by atoms with Crippen molar-refractivity contribution >= 4 is 27.5 Å². The lowest BCUT2D eigenvalue weighted by atomic mass is 10.0. The Labute approximate surface area is 117 Å². The minimum atomic E-state index is 0.269. The summed E-state index contributed by atoms with van der Waals surface area (Å²) in [5, 5.41) is 4.25. The molecule has 1 aromatic rings. The highest BCUT2D eigenvalue weighted by Crippen LogP contribution is 2.31. The lowest BCUT2D eigenvalue weighted by Gasteiger charge is -2.19. The van der Waals surface area contributed by atoms with E-state index in [0.717, 1.165) is 34.4 Å². The Hall–Kier alpha value is -0.490. The number of benzene rings is 1. The van der Waals surface area contributed by atoms with Crippen LogP contribution in [0.4, 0.5) is 0 Å².